The standard InChI is InChI=1S/C27H31NO/c1-20(29)28(19-21-8-4-2-5-9-21)26(25-10-6-3-7-11-25)18-27-15-22-12-23(16-27)14-24(13-22)17-27/h2-11,18,22-24H,12-17,19H2,1H3/b26-18+. The highest BCUT2D eigenvalue weighted by Gasteiger charge is 2.50. The summed E-state index contributed by atoms with van der Waals surface area (Å²) in [7, 11) is 0. The van der Waals surface area contributed by atoms with E-state index < -0.39 is 0 Å². The second-order valence-electron chi connectivity index (χ2n) is 9.77. The Morgan fingerprint density at radius 2 is 1.41 bits per heavy atom. The van der Waals surface area contributed by atoms with Crippen molar-refractivity contribution in [1.29, 1.82) is 0 Å². The molecule has 4 aliphatic rings. The second-order valence-corrected chi connectivity index (χ2v) is 9.77. The van der Waals surface area contributed by atoms with Gasteiger partial charge >= 0.3 is 0 Å². The molecule has 0 radical (unpaired) electrons. The number of hydrogen-bond donors (Lipinski definition) is 0. The van der Waals surface area contributed by atoms with Gasteiger partial charge in [0.25, 0.3) is 0 Å². The lowest BCUT2D eigenvalue weighted by atomic mass is 9.49. The Hall–Kier alpha value is -2.35. The molecule has 0 atom stereocenters. The third-order valence-electron chi connectivity index (χ3n) is 7.45. The Kier molecular flexibility index (Phi) is 4.81. The first-order chi connectivity index (χ1) is 14.1. The van der Waals surface area contributed by atoms with Gasteiger partial charge in [-0.15, -0.1) is 0 Å². The maximum absolute atomic E-state index is 12.8. The minimum absolute atomic E-state index is 0.119. The Morgan fingerprint density at radius 3 is 1.93 bits per heavy atom. The highest BCUT2D eigenvalue weighted by molar-refractivity contribution is 5.85. The SMILES string of the molecule is CC(=O)N(Cc1ccccc1)/C(=C/C12CC3CC(CC(C3)C1)C2)c1ccccc1. The molecule has 2 aromatic carbocycles. The molecule has 2 nitrogen and oxygen atoms in total. The minimum Gasteiger partial charge on any atom is -0.308 e. The summed E-state index contributed by atoms with van der Waals surface area (Å²) in [5, 5.41) is 0. The minimum atomic E-state index is 0.119. The van der Waals surface area contributed by atoms with E-state index in [-0.39, 0.29) is 11.3 Å². The first-order valence-corrected chi connectivity index (χ1v) is 11.2. The number of carbonyl (C=O) groups is 1. The third-order valence-corrected chi connectivity index (χ3v) is 7.45. The lowest BCUT2D eigenvalue weighted by Crippen LogP contribution is -2.45. The van der Waals surface area contributed by atoms with Gasteiger partial charge in [0.05, 0.1) is 6.54 Å². The lowest BCUT2D eigenvalue weighted by Gasteiger charge is -2.56. The van der Waals surface area contributed by atoms with Crippen LogP contribution in [0.15, 0.2) is 66.7 Å². The van der Waals surface area contributed by atoms with Crippen molar-refractivity contribution >= 4 is 11.6 Å². The number of allylic oxidation sites excluding steroid dienone is 1. The summed E-state index contributed by atoms with van der Waals surface area (Å²) in [5.74, 6) is 2.81. The number of rotatable bonds is 5. The molecule has 4 aliphatic carbocycles. The molecular formula is C27H31NO. The van der Waals surface area contributed by atoms with E-state index in [9.17, 15) is 4.79 Å². The van der Waals surface area contributed by atoms with Crippen molar-refractivity contribution in [2.24, 2.45) is 23.2 Å². The van der Waals surface area contributed by atoms with Crippen molar-refractivity contribution in [3.63, 3.8) is 0 Å². The number of amides is 1. The van der Waals surface area contributed by atoms with Gasteiger partial charge in [0, 0.05) is 12.6 Å². The fraction of sp³-hybridized carbons (Fsp3) is 0.444. The van der Waals surface area contributed by atoms with Crippen LogP contribution in [0.25, 0.3) is 5.70 Å². The number of carbonyl (C=O) groups excluding carboxylic acids is 1. The van der Waals surface area contributed by atoms with Gasteiger partial charge in [-0.2, -0.15) is 0 Å². The fourth-order valence-corrected chi connectivity index (χ4v) is 6.70. The normalized spacial score (nSPS) is 30.4. The molecule has 4 saturated carbocycles. The summed E-state index contributed by atoms with van der Waals surface area (Å²) in [5.41, 5.74) is 3.73. The van der Waals surface area contributed by atoms with Crippen LogP contribution >= 0.6 is 0 Å². The fourth-order valence-electron chi connectivity index (χ4n) is 6.70. The molecule has 29 heavy (non-hydrogen) atoms. The predicted molar refractivity (Wildman–Crippen MR) is 118 cm³/mol. The van der Waals surface area contributed by atoms with Crippen LogP contribution in [0.2, 0.25) is 0 Å². The van der Waals surface area contributed by atoms with Crippen molar-refractivity contribution in [2.45, 2.75) is 52.0 Å². The highest BCUT2D eigenvalue weighted by atomic mass is 16.2. The van der Waals surface area contributed by atoms with Crippen molar-refractivity contribution in [1.82, 2.24) is 4.90 Å². The average molecular weight is 386 g/mol. The van der Waals surface area contributed by atoms with Crippen molar-refractivity contribution < 1.29 is 4.79 Å². The van der Waals surface area contributed by atoms with Crippen LogP contribution < -0.4 is 0 Å². The zero-order valence-corrected chi connectivity index (χ0v) is 17.4. The number of hydrogen-bond acceptors (Lipinski definition) is 1. The van der Waals surface area contributed by atoms with Crippen LogP contribution in [0.3, 0.4) is 0 Å². The van der Waals surface area contributed by atoms with Gasteiger partial charge in [-0.1, -0.05) is 66.7 Å². The van der Waals surface area contributed by atoms with Crippen LogP contribution in [0.4, 0.5) is 0 Å². The molecule has 0 N–H and O–H groups in total. The molecule has 4 bridgehead atoms. The van der Waals surface area contributed by atoms with E-state index in [4.69, 9.17) is 0 Å². The van der Waals surface area contributed by atoms with Crippen LogP contribution in [-0.2, 0) is 11.3 Å². The first kappa shape index (κ1) is 18.7. The molecule has 0 unspecified atom stereocenters. The summed E-state index contributed by atoms with van der Waals surface area (Å²) in [4.78, 5) is 14.8. The Balaban J connectivity index is 1.56. The zero-order valence-electron chi connectivity index (χ0n) is 17.4. The molecule has 4 fully saturated rings. The van der Waals surface area contributed by atoms with E-state index in [0.29, 0.717) is 6.54 Å². The summed E-state index contributed by atoms with van der Waals surface area (Å²) >= 11 is 0. The Morgan fingerprint density at radius 1 is 0.897 bits per heavy atom. The highest BCUT2D eigenvalue weighted by Crippen LogP contribution is 2.61. The molecule has 0 aromatic heterocycles. The predicted octanol–water partition coefficient (Wildman–Crippen LogP) is 6.29. The van der Waals surface area contributed by atoms with Gasteiger partial charge < -0.3 is 4.90 Å². The van der Waals surface area contributed by atoms with E-state index in [0.717, 1.165) is 29.0 Å². The van der Waals surface area contributed by atoms with E-state index in [1.807, 2.05) is 11.0 Å². The Labute approximate surface area is 174 Å². The van der Waals surface area contributed by atoms with Gasteiger partial charge in [-0.25, -0.2) is 0 Å². The van der Waals surface area contributed by atoms with Crippen LogP contribution in [0, 0.1) is 23.2 Å². The van der Waals surface area contributed by atoms with E-state index in [2.05, 4.69) is 60.7 Å². The largest absolute Gasteiger partial charge is 0.308 e. The van der Waals surface area contributed by atoms with E-state index in [1.165, 1.54) is 44.1 Å². The molecule has 0 heterocycles. The summed E-state index contributed by atoms with van der Waals surface area (Å²) in [6.07, 6.45) is 10.8. The van der Waals surface area contributed by atoms with Gasteiger partial charge in [-0.3, -0.25) is 4.79 Å². The number of benzene rings is 2. The maximum atomic E-state index is 12.8. The molecule has 0 spiro atoms. The molecule has 1 amide bonds. The third kappa shape index (κ3) is 3.77. The molecular weight excluding hydrogens is 354 g/mol. The molecule has 0 saturated heterocycles. The average Bonchev–Trinajstić information content (AvgIpc) is 2.71. The van der Waals surface area contributed by atoms with Crippen LogP contribution in [0.5, 0.6) is 0 Å². The smallest absolute Gasteiger partial charge is 0.224 e. The van der Waals surface area contributed by atoms with Crippen LogP contribution in [-0.4, -0.2) is 10.8 Å². The van der Waals surface area contributed by atoms with E-state index in [1.54, 1.807) is 6.92 Å². The topological polar surface area (TPSA) is 20.3 Å². The second kappa shape index (κ2) is 7.48. The van der Waals surface area contributed by atoms with Crippen LogP contribution in [0.1, 0.15) is 56.6 Å². The van der Waals surface area contributed by atoms with Crippen molar-refractivity contribution in [2.75, 3.05) is 0 Å². The monoisotopic (exact) mass is 385 g/mol. The Bertz CT molecular complexity index is 863. The zero-order chi connectivity index (χ0) is 19.8. The summed E-state index contributed by atoms with van der Waals surface area (Å²) in [6.45, 7) is 2.34. The van der Waals surface area contributed by atoms with E-state index >= 15 is 0 Å². The molecule has 6 rings (SSSR count). The summed E-state index contributed by atoms with van der Waals surface area (Å²) < 4.78 is 0. The van der Waals surface area contributed by atoms with Gasteiger partial charge in [0.15, 0.2) is 0 Å². The molecule has 0 aliphatic heterocycles. The lowest BCUT2D eigenvalue weighted by molar-refractivity contribution is -0.126. The number of nitrogens with zero attached hydrogens (tertiary/aromatic N) is 1. The molecule has 150 valence electrons. The van der Waals surface area contributed by atoms with Gasteiger partial charge in [0.1, 0.15) is 0 Å². The van der Waals surface area contributed by atoms with Crippen molar-refractivity contribution in [3.8, 4) is 0 Å². The first-order valence-electron chi connectivity index (χ1n) is 11.2. The van der Waals surface area contributed by atoms with Gasteiger partial charge in [0.2, 0.25) is 5.91 Å². The van der Waals surface area contributed by atoms with Crippen molar-refractivity contribution in [3.05, 3.63) is 77.9 Å². The van der Waals surface area contributed by atoms with Gasteiger partial charge in [-0.05, 0) is 72.8 Å². The molecule has 2 heteroatoms. The quantitative estimate of drug-likeness (QED) is 0.592. The maximum Gasteiger partial charge on any atom is 0.224 e. The summed E-state index contributed by atoms with van der Waals surface area (Å²) in [6, 6.07) is 20.9. The molecule has 2 aromatic rings.